The van der Waals surface area contributed by atoms with Crippen molar-refractivity contribution in [2.45, 2.75) is 6.18 Å². The summed E-state index contributed by atoms with van der Waals surface area (Å²) in [6.07, 6.45) is -2.95. The van der Waals surface area contributed by atoms with Crippen molar-refractivity contribution in [3.05, 3.63) is 36.0 Å². The van der Waals surface area contributed by atoms with E-state index in [9.17, 15) is 18.0 Å². The molecule has 1 aliphatic heterocycles. The minimum Gasteiger partial charge on any atom is -0.481 e. The third kappa shape index (κ3) is 2.39. The standard InChI is InChI=1S/C14H11F3N2O2/c15-14(16,17)10-1-2-11-8(5-10)3-4-18-12(11)19-6-9(7-19)13(20)21/h1-5,9H,6-7H2,(H,20,21). The molecule has 1 N–H and O–H groups in total. The highest BCUT2D eigenvalue weighted by Crippen LogP contribution is 2.35. The lowest BCUT2D eigenvalue weighted by molar-refractivity contribution is -0.142. The summed E-state index contributed by atoms with van der Waals surface area (Å²) >= 11 is 0. The number of fused-ring (bicyclic) bond motifs is 1. The molecular weight excluding hydrogens is 285 g/mol. The second kappa shape index (κ2) is 4.61. The maximum atomic E-state index is 12.7. The lowest BCUT2D eigenvalue weighted by atomic mass is 9.99. The Morgan fingerprint density at radius 2 is 2.00 bits per heavy atom. The molecule has 1 aromatic heterocycles. The van der Waals surface area contributed by atoms with Crippen molar-refractivity contribution < 1.29 is 23.1 Å². The summed E-state index contributed by atoms with van der Waals surface area (Å²) in [4.78, 5) is 16.7. The van der Waals surface area contributed by atoms with Gasteiger partial charge in [-0.15, -0.1) is 0 Å². The van der Waals surface area contributed by atoms with Crippen molar-refractivity contribution in [1.82, 2.24) is 4.98 Å². The molecule has 0 amide bonds. The van der Waals surface area contributed by atoms with Gasteiger partial charge < -0.3 is 10.0 Å². The summed E-state index contributed by atoms with van der Waals surface area (Å²) in [5.41, 5.74) is -0.709. The Balaban J connectivity index is 1.96. The molecule has 1 fully saturated rings. The van der Waals surface area contributed by atoms with E-state index < -0.39 is 23.6 Å². The molecule has 0 bridgehead atoms. The van der Waals surface area contributed by atoms with Crippen LogP contribution in [0.3, 0.4) is 0 Å². The van der Waals surface area contributed by atoms with Gasteiger partial charge in [-0.1, -0.05) is 6.07 Å². The summed E-state index contributed by atoms with van der Waals surface area (Å²) < 4.78 is 38.1. The number of carbonyl (C=O) groups is 1. The molecule has 2 aromatic rings. The molecule has 7 heteroatoms. The Bertz CT molecular complexity index is 709. The van der Waals surface area contributed by atoms with Crippen LogP contribution in [-0.2, 0) is 11.0 Å². The van der Waals surface area contributed by atoms with E-state index in [1.165, 1.54) is 18.3 Å². The number of aliphatic carboxylic acids is 1. The van der Waals surface area contributed by atoms with E-state index in [2.05, 4.69) is 4.98 Å². The molecule has 110 valence electrons. The maximum absolute atomic E-state index is 12.7. The summed E-state index contributed by atoms with van der Waals surface area (Å²) in [6.45, 7) is 0.644. The van der Waals surface area contributed by atoms with Crippen molar-refractivity contribution in [2.75, 3.05) is 18.0 Å². The van der Waals surface area contributed by atoms with Crippen LogP contribution < -0.4 is 4.90 Å². The number of carboxylic acid groups (broad SMARTS) is 1. The largest absolute Gasteiger partial charge is 0.481 e. The summed E-state index contributed by atoms with van der Waals surface area (Å²) in [5.74, 6) is -0.791. The van der Waals surface area contributed by atoms with E-state index in [0.29, 0.717) is 29.7 Å². The first-order valence-electron chi connectivity index (χ1n) is 6.30. The Kier molecular flexibility index (Phi) is 3.00. The molecular formula is C14H11F3N2O2. The van der Waals surface area contributed by atoms with Crippen LogP contribution in [0.4, 0.5) is 19.0 Å². The summed E-state index contributed by atoms with van der Waals surface area (Å²) in [5, 5.41) is 9.90. The van der Waals surface area contributed by atoms with Crippen LogP contribution >= 0.6 is 0 Å². The minimum atomic E-state index is -4.39. The van der Waals surface area contributed by atoms with E-state index >= 15 is 0 Å². The van der Waals surface area contributed by atoms with Crippen LogP contribution in [-0.4, -0.2) is 29.1 Å². The van der Waals surface area contributed by atoms with E-state index in [-0.39, 0.29) is 0 Å². The molecule has 1 saturated heterocycles. The third-order valence-corrected chi connectivity index (χ3v) is 3.60. The fourth-order valence-electron chi connectivity index (χ4n) is 2.40. The lowest BCUT2D eigenvalue weighted by Gasteiger charge is -2.38. The highest BCUT2D eigenvalue weighted by Gasteiger charge is 2.34. The van der Waals surface area contributed by atoms with Gasteiger partial charge in [-0.05, 0) is 23.6 Å². The van der Waals surface area contributed by atoms with Gasteiger partial charge in [0.15, 0.2) is 0 Å². The fourth-order valence-corrected chi connectivity index (χ4v) is 2.40. The van der Waals surface area contributed by atoms with Gasteiger partial charge in [0.2, 0.25) is 0 Å². The second-order valence-corrected chi connectivity index (χ2v) is 5.01. The zero-order valence-corrected chi connectivity index (χ0v) is 10.8. The number of rotatable bonds is 2. The zero-order chi connectivity index (χ0) is 15.2. The summed E-state index contributed by atoms with van der Waals surface area (Å²) in [7, 11) is 0. The van der Waals surface area contributed by atoms with Crippen molar-refractivity contribution in [2.24, 2.45) is 5.92 Å². The lowest BCUT2D eigenvalue weighted by Crippen LogP contribution is -2.50. The topological polar surface area (TPSA) is 53.4 Å². The molecule has 0 aliphatic carbocycles. The average Bonchev–Trinajstić information content (AvgIpc) is 2.35. The quantitative estimate of drug-likeness (QED) is 0.926. The molecule has 0 unspecified atom stereocenters. The third-order valence-electron chi connectivity index (χ3n) is 3.60. The van der Waals surface area contributed by atoms with E-state index in [1.54, 1.807) is 4.90 Å². The van der Waals surface area contributed by atoms with Crippen molar-refractivity contribution in [3.63, 3.8) is 0 Å². The first-order valence-corrected chi connectivity index (χ1v) is 6.30. The smallest absolute Gasteiger partial charge is 0.416 e. The van der Waals surface area contributed by atoms with Crippen LogP contribution in [0, 0.1) is 5.92 Å². The SMILES string of the molecule is O=C(O)C1CN(c2nccc3cc(C(F)(F)F)ccc23)C1. The van der Waals surface area contributed by atoms with Crippen molar-refractivity contribution in [1.29, 1.82) is 0 Å². The predicted molar refractivity (Wildman–Crippen MR) is 70.1 cm³/mol. The van der Waals surface area contributed by atoms with E-state index in [4.69, 9.17) is 5.11 Å². The van der Waals surface area contributed by atoms with Crippen LogP contribution in [0.2, 0.25) is 0 Å². The Morgan fingerprint density at radius 3 is 2.62 bits per heavy atom. The highest BCUT2D eigenvalue weighted by atomic mass is 19.4. The minimum absolute atomic E-state index is 0.322. The first kappa shape index (κ1) is 13.7. The van der Waals surface area contributed by atoms with Gasteiger partial charge in [0.25, 0.3) is 0 Å². The zero-order valence-electron chi connectivity index (χ0n) is 10.8. The monoisotopic (exact) mass is 296 g/mol. The van der Waals surface area contributed by atoms with Crippen LogP contribution in [0.1, 0.15) is 5.56 Å². The molecule has 3 rings (SSSR count). The van der Waals surface area contributed by atoms with Crippen LogP contribution in [0.15, 0.2) is 30.5 Å². The number of aromatic nitrogens is 1. The number of anilines is 1. The molecule has 1 aliphatic rings. The predicted octanol–water partition coefficient (Wildman–Crippen LogP) is 2.77. The van der Waals surface area contributed by atoms with Gasteiger partial charge in [-0.2, -0.15) is 13.2 Å². The summed E-state index contributed by atoms with van der Waals surface area (Å²) in [6, 6.07) is 4.99. The van der Waals surface area contributed by atoms with Crippen LogP contribution in [0.5, 0.6) is 0 Å². The maximum Gasteiger partial charge on any atom is 0.416 e. The molecule has 0 radical (unpaired) electrons. The molecule has 0 atom stereocenters. The normalized spacial score (nSPS) is 16.0. The Labute approximate surface area is 117 Å². The van der Waals surface area contributed by atoms with E-state index in [1.807, 2.05) is 0 Å². The first-order chi connectivity index (χ1) is 9.86. The number of alkyl halides is 3. The van der Waals surface area contributed by atoms with E-state index in [0.717, 1.165) is 12.1 Å². The number of halogens is 3. The fraction of sp³-hybridized carbons (Fsp3) is 0.286. The molecule has 21 heavy (non-hydrogen) atoms. The van der Waals surface area contributed by atoms with Gasteiger partial charge in [0.05, 0.1) is 11.5 Å². The van der Waals surface area contributed by atoms with Crippen molar-refractivity contribution in [3.8, 4) is 0 Å². The second-order valence-electron chi connectivity index (χ2n) is 5.01. The van der Waals surface area contributed by atoms with Crippen molar-refractivity contribution >= 4 is 22.6 Å². The van der Waals surface area contributed by atoms with Gasteiger partial charge in [0, 0.05) is 24.7 Å². The highest BCUT2D eigenvalue weighted by molar-refractivity contribution is 5.93. The number of carboxylic acids is 1. The van der Waals surface area contributed by atoms with Gasteiger partial charge in [-0.3, -0.25) is 4.79 Å². The van der Waals surface area contributed by atoms with Gasteiger partial charge >= 0.3 is 12.1 Å². The number of hydrogen-bond acceptors (Lipinski definition) is 3. The number of pyridine rings is 1. The Hall–Kier alpha value is -2.31. The molecule has 0 spiro atoms. The van der Waals surface area contributed by atoms with Crippen LogP contribution in [0.25, 0.3) is 10.8 Å². The molecule has 2 heterocycles. The average molecular weight is 296 g/mol. The Morgan fingerprint density at radius 1 is 1.29 bits per heavy atom. The molecule has 4 nitrogen and oxygen atoms in total. The molecule has 1 aromatic carbocycles. The number of benzene rings is 1. The molecule has 0 saturated carbocycles. The number of nitrogens with zero attached hydrogens (tertiary/aromatic N) is 2. The van der Waals surface area contributed by atoms with Gasteiger partial charge in [0.1, 0.15) is 5.82 Å². The number of hydrogen-bond donors (Lipinski definition) is 1. The van der Waals surface area contributed by atoms with Gasteiger partial charge in [-0.25, -0.2) is 4.98 Å².